The van der Waals surface area contributed by atoms with Gasteiger partial charge < -0.3 is 5.32 Å². The van der Waals surface area contributed by atoms with Gasteiger partial charge in [0, 0.05) is 19.4 Å². The summed E-state index contributed by atoms with van der Waals surface area (Å²) in [5.41, 5.74) is 0. The lowest BCUT2D eigenvalue weighted by Gasteiger charge is -2.05. The zero-order chi connectivity index (χ0) is 11.8. The fourth-order valence-corrected chi connectivity index (χ4v) is 1.67. The van der Waals surface area contributed by atoms with Gasteiger partial charge in [0.25, 0.3) is 0 Å². The van der Waals surface area contributed by atoms with Crippen LogP contribution in [0.2, 0.25) is 0 Å². The fraction of sp³-hybridized carbons (Fsp3) is 0.833. The van der Waals surface area contributed by atoms with Crippen LogP contribution in [0, 0.1) is 0 Å². The summed E-state index contributed by atoms with van der Waals surface area (Å²) in [6.45, 7) is 9.58. The summed E-state index contributed by atoms with van der Waals surface area (Å²) in [5, 5.41) is 7.90. The van der Waals surface area contributed by atoms with Gasteiger partial charge in [0.1, 0.15) is 5.82 Å². The molecule has 1 aromatic heterocycles. The largest absolute Gasteiger partial charge is 0.317 e. The molecule has 0 aliphatic rings. The molecule has 0 radical (unpaired) electrons. The molecule has 1 aromatic rings. The summed E-state index contributed by atoms with van der Waals surface area (Å²) >= 11 is 0. The van der Waals surface area contributed by atoms with E-state index in [9.17, 15) is 0 Å². The average Bonchev–Trinajstić information content (AvgIpc) is 2.71. The van der Waals surface area contributed by atoms with Gasteiger partial charge in [-0.2, -0.15) is 5.10 Å². The van der Waals surface area contributed by atoms with Gasteiger partial charge >= 0.3 is 0 Å². The maximum absolute atomic E-state index is 4.50. The molecule has 0 aliphatic heterocycles. The molecule has 4 nitrogen and oxygen atoms in total. The third-order valence-electron chi connectivity index (χ3n) is 2.57. The van der Waals surface area contributed by atoms with Crippen molar-refractivity contribution in [1.29, 1.82) is 0 Å². The molecule has 4 heteroatoms. The molecule has 1 heterocycles. The van der Waals surface area contributed by atoms with Gasteiger partial charge in [-0.3, -0.25) is 0 Å². The summed E-state index contributed by atoms with van der Waals surface area (Å²) < 4.78 is 2.06. The van der Waals surface area contributed by atoms with Crippen LogP contribution < -0.4 is 5.32 Å². The molecule has 0 aliphatic carbocycles. The van der Waals surface area contributed by atoms with Crippen molar-refractivity contribution in [2.75, 3.05) is 13.1 Å². The average molecular weight is 224 g/mol. The zero-order valence-corrected chi connectivity index (χ0v) is 10.8. The Morgan fingerprint density at radius 3 is 2.56 bits per heavy atom. The van der Waals surface area contributed by atoms with Crippen LogP contribution in [-0.4, -0.2) is 27.9 Å². The first-order valence-corrected chi connectivity index (χ1v) is 6.45. The highest BCUT2D eigenvalue weighted by molar-refractivity contribution is 4.92. The van der Waals surface area contributed by atoms with E-state index in [1.54, 1.807) is 0 Å². The summed E-state index contributed by atoms with van der Waals surface area (Å²) in [6, 6.07) is 0. The SMILES string of the molecule is CCCNCCCn1nc(CC)nc1CC. The molecule has 16 heavy (non-hydrogen) atoms. The van der Waals surface area contributed by atoms with Gasteiger partial charge in [-0.1, -0.05) is 20.8 Å². The Labute approximate surface area is 98.5 Å². The van der Waals surface area contributed by atoms with Crippen LogP contribution >= 0.6 is 0 Å². The Balaban J connectivity index is 2.37. The quantitative estimate of drug-likeness (QED) is 0.685. The highest BCUT2D eigenvalue weighted by atomic mass is 15.3. The van der Waals surface area contributed by atoms with Gasteiger partial charge in [0.2, 0.25) is 0 Å². The van der Waals surface area contributed by atoms with Crippen molar-refractivity contribution in [3.63, 3.8) is 0 Å². The second-order valence-corrected chi connectivity index (χ2v) is 3.98. The smallest absolute Gasteiger partial charge is 0.150 e. The molecular weight excluding hydrogens is 200 g/mol. The Bertz CT molecular complexity index is 293. The summed E-state index contributed by atoms with van der Waals surface area (Å²) in [4.78, 5) is 4.49. The zero-order valence-electron chi connectivity index (χ0n) is 10.8. The molecule has 0 atom stereocenters. The Hall–Kier alpha value is -0.900. The first-order chi connectivity index (χ1) is 7.81. The van der Waals surface area contributed by atoms with Crippen molar-refractivity contribution < 1.29 is 0 Å². The minimum absolute atomic E-state index is 0.925. The highest BCUT2D eigenvalue weighted by Gasteiger charge is 2.05. The first kappa shape index (κ1) is 13.2. The molecule has 0 fully saturated rings. The molecule has 0 amide bonds. The molecule has 92 valence electrons. The van der Waals surface area contributed by atoms with Crippen molar-refractivity contribution in [1.82, 2.24) is 20.1 Å². The number of aryl methyl sites for hydroxylation is 3. The molecule has 0 spiro atoms. The van der Waals surface area contributed by atoms with Crippen molar-refractivity contribution >= 4 is 0 Å². The lowest BCUT2D eigenvalue weighted by Crippen LogP contribution is -2.18. The Kier molecular flexibility index (Phi) is 6.08. The van der Waals surface area contributed by atoms with Crippen molar-refractivity contribution in [3.05, 3.63) is 11.6 Å². The van der Waals surface area contributed by atoms with E-state index >= 15 is 0 Å². The van der Waals surface area contributed by atoms with E-state index < -0.39 is 0 Å². The van der Waals surface area contributed by atoms with Gasteiger partial charge in [0.05, 0.1) is 0 Å². The van der Waals surface area contributed by atoms with Crippen LogP contribution in [0.5, 0.6) is 0 Å². The highest BCUT2D eigenvalue weighted by Crippen LogP contribution is 2.01. The van der Waals surface area contributed by atoms with E-state index in [4.69, 9.17) is 0 Å². The van der Waals surface area contributed by atoms with Crippen LogP contribution in [0.3, 0.4) is 0 Å². The van der Waals surface area contributed by atoms with Crippen molar-refractivity contribution in [2.24, 2.45) is 0 Å². The molecule has 1 rings (SSSR count). The van der Waals surface area contributed by atoms with E-state index in [0.717, 1.165) is 50.5 Å². The summed E-state index contributed by atoms with van der Waals surface area (Å²) in [6.07, 6.45) is 4.21. The van der Waals surface area contributed by atoms with E-state index in [1.165, 1.54) is 6.42 Å². The van der Waals surface area contributed by atoms with Crippen LogP contribution in [0.25, 0.3) is 0 Å². The topological polar surface area (TPSA) is 42.7 Å². The van der Waals surface area contributed by atoms with Crippen LogP contribution in [0.15, 0.2) is 0 Å². The number of nitrogens with zero attached hydrogens (tertiary/aromatic N) is 3. The van der Waals surface area contributed by atoms with Gasteiger partial charge in [-0.05, 0) is 25.9 Å². The molecule has 0 aromatic carbocycles. The third kappa shape index (κ3) is 3.93. The molecule has 0 bridgehead atoms. The predicted octanol–water partition coefficient (Wildman–Crippen LogP) is 1.79. The van der Waals surface area contributed by atoms with Gasteiger partial charge in [-0.25, -0.2) is 9.67 Å². The standard InChI is InChI=1S/C12H24N4/c1-4-8-13-9-7-10-16-12(6-3)14-11(5-2)15-16/h13H,4-10H2,1-3H3. The molecular formula is C12H24N4. The molecule has 0 saturated carbocycles. The van der Waals surface area contributed by atoms with Crippen molar-refractivity contribution in [3.8, 4) is 0 Å². The second-order valence-electron chi connectivity index (χ2n) is 3.98. The van der Waals surface area contributed by atoms with E-state index in [0.29, 0.717) is 0 Å². The third-order valence-corrected chi connectivity index (χ3v) is 2.57. The minimum atomic E-state index is 0.925. The minimum Gasteiger partial charge on any atom is -0.317 e. The number of hydrogen-bond donors (Lipinski definition) is 1. The lowest BCUT2D eigenvalue weighted by molar-refractivity contribution is 0.523. The van der Waals surface area contributed by atoms with Crippen molar-refractivity contribution in [2.45, 2.75) is 53.0 Å². The molecule has 0 saturated heterocycles. The lowest BCUT2D eigenvalue weighted by atomic mass is 10.4. The molecule has 1 N–H and O–H groups in total. The maximum atomic E-state index is 4.50. The maximum Gasteiger partial charge on any atom is 0.150 e. The van der Waals surface area contributed by atoms with Crippen LogP contribution in [0.4, 0.5) is 0 Å². The number of hydrogen-bond acceptors (Lipinski definition) is 3. The summed E-state index contributed by atoms with van der Waals surface area (Å²) in [7, 11) is 0. The predicted molar refractivity (Wildman–Crippen MR) is 66.6 cm³/mol. The van der Waals surface area contributed by atoms with Gasteiger partial charge in [-0.15, -0.1) is 0 Å². The van der Waals surface area contributed by atoms with Crippen LogP contribution in [0.1, 0.15) is 45.3 Å². The van der Waals surface area contributed by atoms with E-state index in [1.807, 2.05) is 0 Å². The monoisotopic (exact) mass is 224 g/mol. The van der Waals surface area contributed by atoms with Gasteiger partial charge in [0.15, 0.2) is 5.82 Å². The second kappa shape index (κ2) is 7.39. The van der Waals surface area contributed by atoms with E-state index in [2.05, 4.69) is 40.9 Å². The normalized spacial score (nSPS) is 10.9. The Morgan fingerprint density at radius 2 is 1.94 bits per heavy atom. The first-order valence-electron chi connectivity index (χ1n) is 6.45. The van der Waals surface area contributed by atoms with Crippen LogP contribution in [-0.2, 0) is 19.4 Å². The van der Waals surface area contributed by atoms with E-state index in [-0.39, 0.29) is 0 Å². The summed E-state index contributed by atoms with van der Waals surface area (Å²) in [5.74, 6) is 2.09. The fourth-order valence-electron chi connectivity index (χ4n) is 1.67. The number of rotatable bonds is 8. The molecule has 0 unspecified atom stereocenters. The Morgan fingerprint density at radius 1 is 1.12 bits per heavy atom. The number of nitrogens with one attached hydrogen (secondary N) is 1. The number of aromatic nitrogens is 3.